The van der Waals surface area contributed by atoms with Crippen LogP contribution in [0.4, 0.5) is 13.2 Å². The average Bonchev–Trinajstić information content (AvgIpc) is 2.69. The van der Waals surface area contributed by atoms with Crippen molar-refractivity contribution >= 4 is 26.0 Å². The zero-order valence-corrected chi connectivity index (χ0v) is 13.0. The number of rotatable bonds is 7. The van der Waals surface area contributed by atoms with E-state index in [9.17, 15) is 21.6 Å². The molecule has 0 radical (unpaired) electrons. The molecule has 0 fully saturated rings. The minimum absolute atomic E-state index is 0.125. The van der Waals surface area contributed by atoms with Crippen LogP contribution in [0.2, 0.25) is 0 Å². The van der Waals surface area contributed by atoms with Crippen LogP contribution in [0.3, 0.4) is 0 Å². The van der Waals surface area contributed by atoms with E-state index in [0.717, 1.165) is 6.42 Å². The van der Waals surface area contributed by atoms with Gasteiger partial charge >= 0.3 is 6.18 Å². The van der Waals surface area contributed by atoms with Gasteiger partial charge in [0.15, 0.2) is 4.67 Å². The van der Waals surface area contributed by atoms with Gasteiger partial charge in [-0.3, -0.25) is 0 Å². The lowest BCUT2D eigenvalue weighted by Crippen LogP contribution is -2.33. The van der Waals surface area contributed by atoms with Crippen LogP contribution in [0.1, 0.15) is 19.1 Å². The Kier molecular flexibility index (Phi) is 6.05. The van der Waals surface area contributed by atoms with Gasteiger partial charge in [0.25, 0.3) is 0 Å². The summed E-state index contributed by atoms with van der Waals surface area (Å²) in [6, 6.07) is 1.19. The first-order valence-corrected chi connectivity index (χ1v) is 7.98. The van der Waals surface area contributed by atoms with E-state index in [1.807, 2.05) is 6.92 Å². The Morgan fingerprint density at radius 2 is 2.05 bits per heavy atom. The Morgan fingerprint density at radius 3 is 2.60 bits per heavy atom. The molecule has 0 unspecified atom stereocenters. The number of hydrogen-bond donors (Lipinski definition) is 2. The second-order valence-corrected chi connectivity index (χ2v) is 6.42. The lowest BCUT2D eigenvalue weighted by Gasteiger charge is -2.07. The van der Waals surface area contributed by atoms with Crippen LogP contribution in [0.15, 0.2) is 20.0 Å². The Labute approximate surface area is 123 Å². The molecule has 0 atom stereocenters. The van der Waals surface area contributed by atoms with Crippen molar-refractivity contribution in [2.45, 2.75) is 31.0 Å². The zero-order chi connectivity index (χ0) is 15.4. The first-order chi connectivity index (χ1) is 9.15. The van der Waals surface area contributed by atoms with Gasteiger partial charge in [-0.25, -0.2) is 13.1 Å². The standard InChI is InChI=1S/C10H14BrF3N2O3S/c1-2-3-15-5-7-4-8(9(11)19-7)20(17,18)16-6-10(12,13)14/h4,15-16H,2-3,5-6H2,1H3. The summed E-state index contributed by atoms with van der Waals surface area (Å²) in [6.45, 7) is 1.34. The predicted molar refractivity (Wildman–Crippen MR) is 69.6 cm³/mol. The molecule has 0 spiro atoms. The van der Waals surface area contributed by atoms with Gasteiger partial charge in [-0.1, -0.05) is 6.92 Å². The highest BCUT2D eigenvalue weighted by molar-refractivity contribution is 9.10. The largest absolute Gasteiger partial charge is 0.452 e. The molecule has 0 bridgehead atoms. The van der Waals surface area contributed by atoms with E-state index in [-0.39, 0.29) is 9.56 Å². The summed E-state index contributed by atoms with van der Waals surface area (Å²) in [5, 5.41) is 2.99. The fourth-order valence-electron chi connectivity index (χ4n) is 1.31. The monoisotopic (exact) mass is 378 g/mol. The quantitative estimate of drug-likeness (QED) is 0.714. The Bertz CT molecular complexity index is 542. The molecule has 10 heteroatoms. The van der Waals surface area contributed by atoms with Gasteiger partial charge in [-0.05, 0) is 28.9 Å². The minimum Gasteiger partial charge on any atom is -0.452 e. The summed E-state index contributed by atoms with van der Waals surface area (Å²) < 4.78 is 66.0. The second kappa shape index (κ2) is 6.92. The van der Waals surface area contributed by atoms with Gasteiger partial charge in [-0.15, -0.1) is 0 Å². The van der Waals surface area contributed by atoms with Crippen LogP contribution in [0, 0.1) is 0 Å². The summed E-state index contributed by atoms with van der Waals surface area (Å²) in [5.74, 6) is 0.317. The Morgan fingerprint density at radius 1 is 1.40 bits per heavy atom. The van der Waals surface area contributed by atoms with E-state index in [1.54, 1.807) is 0 Å². The van der Waals surface area contributed by atoms with Crippen molar-refractivity contribution in [3.8, 4) is 0 Å². The van der Waals surface area contributed by atoms with Gasteiger partial charge in [0, 0.05) is 6.07 Å². The fraction of sp³-hybridized carbons (Fsp3) is 0.600. The molecule has 1 heterocycles. The molecule has 1 aromatic rings. The van der Waals surface area contributed by atoms with Crippen LogP contribution in [-0.4, -0.2) is 27.7 Å². The van der Waals surface area contributed by atoms with Crippen LogP contribution in [0.5, 0.6) is 0 Å². The Hall–Kier alpha value is -0.580. The molecule has 1 rings (SSSR count). The number of nitrogens with one attached hydrogen (secondary N) is 2. The molecule has 0 aliphatic carbocycles. The first kappa shape index (κ1) is 17.5. The summed E-state index contributed by atoms with van der Waals surface area (Å²) in [5.41, 5.74) is 0. The van der Waals surface area contributed by atoms with E-state index >= 15 is 0 Å². The van der Waals surface area contributed by atoms with Gasteiger partial charge in [0.2, 0.25) is 10.0 Å². The van der Waals surface area contributed by atoms with Crippen molar-refractivity contribution in [2.75, 3.05) is 13.1 Å². The Balaban J connectivity index is 2.79. The second-order valence-electron chi connectivity index (χ2n) is 3.97. The number of hydrogen-bond acceptors (Lipinski definition) is 4. The smallest absolute Gasteiger partial charge is 0.402 e. The first-order valence-electron chi connectivity index (χ1n) is 5.71. The van der Waals surface area contributed by atoms with Crippen molar-refractivity contribution in [3.05, 3.63) is 16.5 Å². The fourth-order valence-corrected chi connectivity index (χ4v) is 3.32. The highest BCUT2D eigenvalue weighted by Crippen LogP contribution is 2.26. The number of halogens is 4. The number of sulfonamides is 1. The van der Waals surface area contributed by atoms with Crippen molar-refractivity contribution in [3.63, 3.8) is 0 Å². The van der Waals surface area contributed by atoms with E-state index in [2.05, 4.69) is 21.2 Å². The molecule has 116 valence electrons. The van der Waals surface area contributed by atoms with Gasteiger partial charge in [0.05, 0.1) is 6.54 Å². The third-order valence-electron chi connectivity index (χ3n) is 2.18. The molecular formula is C10H14BrF3N2O3S. The zero-order valence-electron chi connectivity index (χ0n) is 10.6. The van der Waals surface area contributed by atoms with E-state index < -0.39 is 22.7 Å². The van der Waals surface area contributed by atoms with Crippen LogP contribution in [0.25, 0.3) is 0 Å². The van der Waals surface area contributed by atoms with E-state index in [0.29, 0.717) is 18.8 Å². The lowest BCUT2D eigenvalue weighted by molar-refractivity contribution is -0.121. The molecule has 0 aromatic carbocycles. The van der Waals surface area contributed by atoms with Gasteiger partial charge in [-0.2, -0.15) is 13.2 Å². The summed E-state index contributed by atoms with van der Waals surface area (Å²) in [7, 11) is -4.27. The molecule has 0 aliphatic rings. The lowest BCUT2D eigenvalue weighted by atomic mass is 10.4. The third-order valence-corrected chi connectivity index (χ3v) is 4.44. The SMILES string of the molecule is CCCNCc1cc(S(=O)(=O)NCC(F)(F)F)c(Br)o1. The predicted octanol–water partition coefficient (Wildman–Crippen LogP) is 2.38. The van der Waals surface area contributed by atoms with Crippen molar-refractivity contribution in [1.29, 1.82) is 0 Å². The number of alkyl halides is 3. The highest BCUT2D eigenvalue weighted by Gasteiger charge is 2.31. The number of furan rings is 1. The van der Waals surface area contributed by atoms with Crippen molar-refractivity contribution < 1.29 is 26.0 Å². The maximum absolute atomic E-state index is 12.0. The summed E-state index contributed by atoms with van der Waals surface area (Å²) in [4.78, 5) is -0.352. The molecule has 2 N–H and O–H groups in total. The van der Waals surface area contributed by atoms with Crippen LogP contribution >= 0.6 is 15.9 Å². The van der Waals surface area contributed by atoms with Crippen LogP contribution < -0.4 is 10.0 Å². The summed E-state index contributed by atoms with van der Waals surface area (Å²) >= 11 is 2.89. The van der Waals surface area contributed by atoms with Crippen molar-refractivity contribution in [1.82, 2.24) is 10.0 Å². The highest BCUT2D eigenvalue weighted by atomic mass is 79.9. The maximum atomic E-state index is 12.0. The van der Waals surface area contributed by atoms with Crippen LogP contribution in [-0.2, 0) is 16.6 Å². The molecule has 20 heavy (non-hydrogen) atoms. The molecule has 0 saturated carbocycles. The summed E-state index contributed by atoms with van der Waals surface area (Å²) in [6.07, 6.45) is -3.73. The normalized spacial score (nSPS) is 12.8. The van der Waals surface area contributed by atoms with Gasteiger partial charge in [0.1, 0.15) is 17.2 Å². The molecular weight excluding hydrogens is 365 g/mol. The molecule has 0 amide bonds. The van der Waals surface area contributed by atoms with Gasteiger partial charge < -0.3 is 9.73 Å². The van der Waals surface area contributed by atoms with E-state index in [1.165, 1.54) is 10.8 Å². The third kappa shape index (κ3) is 5.43. The molecule has 5 nitrogen and oxygen atoms in total. The topological polar surface area (TPSA) is 71.3 Å². The minimum atomic E-state index is -4.62. The molecule has 1 aromatic heterocycles. The van der Waals surface area contributed by atoms with Crippen molar-refractivity contribution in [2.24, 2.45) is 0 Å². The van der Waals surface area contributed by atoms with E-state index in [4.69, 9.17) is 4.42 Å². The average molecular weight is 379 g/mol. The molecule has 0 aliphatic heterocycles. The molecule has 0 saturated heterocycles. The maximum Gasteiger partial charge on any atom is 0.402 e.